The van der Waals surface area contributed by atoms with E-state index in [1.54, 1.807) is 6.92 Å². The van der Waals surface area contributed by atoms with Gasteiger partial charge in [0.1, 0.15) is 0 Å². The first kappa shape index (κ1) is 13.4. The number of anilines is 1. The first-order valence-corrected chi connectivity index (χ1v) is 6.68. The fraction of sp³-hybridized carbons (Fsp3) is 0.600. The highest BCUT2D eigenvalue weighted by molar-refractivity contribution is 5.49. The number of nitrogens with zero attached hydrogens (tertiary/aromatic N) is 2. The largest absolute Gasteiger partial charge is 0.389 e. The third-order valence-electron chi connectivity index (χ3n) is 3.98. The molecular weight excluding hydrogens is 224 g/mol. The summed E-state index contributed by atoms with van der Waals surface area (Å²) in [5, 5.41) is 9.52. The van der Waals surface area contributed by atoms with Gasteiger partial charge in [-0.05, 0) is 44.6 Å². The second-order valence-electron chi connectivity index (χ2n) is 5.68. The van der Waals surface area contributed by atoms with Crippen molar-refractivity contribution < 1.29 is 5.11 Å². The van der Waals surface area contributed by atoms with Crippen LogP contribution in [0.25, 0.3) is 0 Å². The maximum absolute atomic E-state index is 9.52. The number of rotatable bonds is 3. The van der Waals surface area contributed by atoms with Gasteiger partial charge in [-0.25, -0.2) is 0 Å². The summed E-state index contributed by atoms with van der Waals surface area (Å²) in [7, 11) is 4.31. The molecule has 100 valence electrons. The van der Waals surface area contributed by atoms with Crippen molar-refractivity contribution in [1.29, 1.82) is 0 Å². The number of benzene rings is 1. The minimum Gasteiger partial charge on any atom is -0.389 e. The van der Waals surface area contributed by atoms with Gasteiger partial charge in [0.15, 0.2) is 0 Å². The van der Waals surface area contributed by atoms with Crippen LogP contribution < -0.4 is 4.90 Å². The lowest BCUT2D eigenvalue weighted by Crippen LogP contribution is -2.34. The molecule has 3 unspecified atom stereocenters. The van der Waals surface area contributed by atoms with E-state index in [-0.39, 0.29) is 6.10 Å². The summed E-state index contributed by atoms with van der Waals surface area (Å²) < 4.78 is 0. The van der Waals surface area contributed by atoms with Crippen LogP contribution in [0.2, 0.25) is 0 Å². The minimum atomic E-state index is -0.383. The molecule has 0 saturated carbocycles. The van der Waals surface area contributed by atoms with Crippen molar-refractivity contribution in [3.8, 4) is 0 Å². The lowest BCUT2D eigenvalue weighted by molar-refractivity contribution is 0.199. The number of aliphatic hydroxyl groups is 1. The highest BCUT2D eigenvalue weighted by Crippen LogP contribution is 2.27. The van der Waals surface area contributed by atoms with E-state index < -0.39 is 0 Å². The molecule has 1 aromatic carbocycles. The third kappa shape index (κ3) is 2.68. The zero-order valence-corrected chi connectivity index (χ0v) is 11.8. The summed E-state index contributed by atoms with van der Waals surface area (Å²) in [5.41, 5.74) is 2.24. The summed E-state index contributed by atoms with van der Waals surface area (Å²) in [6.07, 6.45) is -0.383. The first-order valence-electron chi connectivity index (χ1n) is 6.68. The topological polar surface area (TPSA) is 26.7 Å². The summed E-state index contributed by atoms with van der Waals surface area (Å²) in [5.74, 6) is 0.691. The van der Waals surface area contributed by atoms with Gasteiger partial charge in [0.2, 0.25) is 0 Å². The van der Waals surface area contributed by atoms with Crippen LogP contribution in [-0.4, -0.2) is 43.2 Å². The van der Waals surface area contributed by atoms with Crippen molar-refractivity contribution in [3.63, 3.8) is 0 Å². The summed E-state index contributed by atoms with van der Waals surface area (Å²) in [6, 6.07) is 8.91. The molecule has 1 heterocycles. The zero-order valence-electron chi connectivity index (χ0n) is 11.8. The molecule has 1 fully saturated rings. The molecule has 3 nitrogen and oxygen atoms in total. The van der Waals surface area contributed by atoms with Gasteiger partial charge in [-0.2, -0.15) is 0 Å². The monoisotopic (exact) mass is 248 g/mol. The van der Waals surface area contributed by atoms with Crippen molar-refractivity contribution in [2.75, 3.05) is 32.1 Å². The van der Waals surface area contributed by atoms with E-state index >= 15 is 0 Å². The highest BCUT2D eigenvalue weighted by Gasteiger charge is 2.30. The lowest BCUT2D eigenvalue weighted by atomic mass is 10.1. The van der Waals surface area contributed by atoms with Crippen molar-refractivity contribution in [3.05, 3.63) is 29.8 Å². The Morgan fingerprint density at radius 3 is 2.28 bits per heavy atom. The smallest absolute Gasteiger partial charge is 0.0761 e. The molecule has 1 saturated heterocycles. The maximum atomic E-state index is 9.52. The lowest BCUT2D eigenvalue weighted by Gasteiger charge is -2.23. The van der Waals surface area contributed by atoms with E-state index in [1.807, 2.05) is 12.1 Å². The molecule has 1 aliphatic rings. The average Bonchev–Trinajstić information content (AvgIpc) is 2.71. The number of likely N-dealkylation sites (N-methyl/N-ethyl adjacent to an activating group) is 1. The van der Waals surface area contributed by atoms with E-state index in [1.165, 1.54) is 5.69 Å². The fourth-order valence-electron chi connectivity index (χ4n) is 2.80. The maximum Gasteiger partial charge on any atom is 0.0761 e. The van der Waals surface area contributed by atoms with Gasteiger partial charge < -0.3 is 14.9 Å². The Kier molecular flexibility index (Phi) is 3.93. The van der Waals surface area contributed by atoms with Gasteiger partial charge in [-0.3, -0.25) is 0 Å². The van der Waals surface area contributed by atoms with Gasteiger partial charge in [0.25, 0.3) is 0 Å². The fourth-order valence-corrected chi connectivity index (χ4v) is 2.80. The average molecular weight is 248 g/mol. The van der Waals surface area contributed by atoms with Crippen LogP contribution in [-0.2, 0) is 0 Å². The minimum absolute atomic E-state index is 0.383. The van der Waals surface area contributed by atoms with Gasteiger partial charge >= 0.3 is 0 Å². The Bertz CT molecular complexity index is 386. The zero-order chi connectivity index (χ0) is 13.3. The predicted octanol–water partition coefficient (Wildman–Crippen LogP) is 2.13. The van der Waals surface area contributed by atoms with Gasteiger partial charge in [-0.1, -0.05) is 19.1 Å². The quantitative estimate of drug-likeness (QED) is 0.887. The van der Waals surface area contributed by atoms with Gasteiger partial charge in [-0.15, -0.1) is 0 Å². The molecule has 18 heavy (non-hydrogen) atoms. The molecule has 1 N–H and O–H groups in total. The number of hydrogen-bond donors (Lipinski definition) is 1. The molecule has 1 aliphatic heterocycles. The SMILES string of the molecule is CC(O)c1ccc(N2CC(C)C(N(C)C)C2)cc1. The van der Waals surface area contributed by atoms with Crippen LogP contribution in [0, 0.1) is 5.92 Å². The summed E-state index contributed by atoms with van der Waals surface area (Å²) in [4.78, 5) is 4.75. The Balaban J connectivity index is 2.09. The molecular formula is C15H24N2O. The third-order valence-corrected chi connectivity index (χ3v) is 3.98. The molecule has 3 heteroatoms. The van der Waals surface area contributed by atoms with Crippen molar-refractivity contribution in [2.24, 2.45) is 5.92 Å². The van der Waals surface area contributed by atoms with Crippen LogP contribution >= 0.6 is 0 Å². The van der Waals surface area contributed by atoms with E-state index in [9.17, 15) is 5.11 Å². The molecule has 0 spiro atoms. The molecule has 0 aliphatic carbocycles. The first-order chi connectivity index (χ1) is 8.49. The molecule has 0 aromatic heterocycles. The van der Waals surface area contributed by atoms with Crippen LogP contribution in [0.5, 0.6) is 0 Å². The summed E-state index contributed by atoms with van der Waals surface area (Å²) in [6.45, 7) is 6.31. The molecule has 0 radical (unpaired) electrons. The number of hydrogen-bond acceptors (Lipinski definition) is 3. The normalized spacial score (nSPS) is 25.8. The Morgan fingerprint density at radius 2 is 1.83 bits per heavy atom. The molecule has 1 aromatic rings. The number of aliphatic hydroxyl groups excluding tert-OH is 1. The second kappa shape index (κ2) is 5.29. The van der Waals surface area contributed by atoms with Crippen LogP contribution in [0.3, 0.4) is 0 Å². The second-order valence-corrected chi connectivity index (χ2v) is 5.68. The van der Waals surface area contributed by atoms with Crippen molar-refractivity contribution >= 4 is 5.69 Å². The Hall–Kier alpha value is -1.06. The van der Waals surface area contributed by atoms with Crippen molar-refractivity contribution in [2.45, 2.75) is 26.0 Å². The molecule has 3 atom stereocenters. The molecule has 0 bridgehead atoms. The van der Waals surface area contributed by atoms with E-state index in [4.69, 9.17) is 0 Å². The molecule has 0 amide bonds. The van der Waals surface area contributed by atoms with E-state index in [0.29, 0.717) is 12.0 Å². The van der Waals surface area contributed by atoms with E-state index in [0.717, 1.165) is 18.7 Å². The summed E-state index contributed by atoms with van der Waals surface area (Å²) >= 11 is 0. The molecule has 2 rings (SSSR count). The van der Waals surface area contributed by atoms with Crippen LogP contribution in [0.15, 0.2) is 24.3 Å². The Morgan fingerprint density at radius 1 is 1.22 bits per heavy atom. The van der Waals surface area contributed by atoms with Gasteiger partial charge in [0.05, 0.1) is 6.10 Å². The van der Waals surface area contributed by atoms with Crippen LogP contribution in [0.4, 0.5) is 5.69 Å². The predicted molar refractivity (Wildman–Crippen MR) is 75.9 cm³/mol. The standard InChI is InChI=1S/C15H24N2O/c1-11-9-17(10-15(11)16(3)4)14-7-5-13(6-8-14)12(2)18/h5-8,11-12,15,18H,9-10H2,1-4H3. The van der Waals surface area contributed by atoms with Gasteiger partial charge in [0, 0.05) is 24.8 Å². The Labute approximate surface area is 110 Å². The van der Waals surface area contributed by atoms with E-state index in [2.05, 4.69) is 43.0 Å². The highest BCUT2D eigenvalue weighted by atomic mass is 16.3. The van der Waals surface area contributed by atoms with Crippen molar-refractivity contribution in [1.82, 2.24) is 4.90 Å². The van der Waals surface area contributed by atoms with Crippen LogP contribution in [0.1, 0.15) is 25.5 Å².